The Labute approximate surface area is 89.2 Å². The summed E-state index contributed by atoms with van der Waals surface area (Å²) in [6.45, 7) is 4.69. The molecule has 1 rings (SSSR count). The Morgan fingerprint density at radius 2 is 1.80 bits per heavy atom. The van der Waals surface area contributed by atoms with Crippen molar-refractivity contribution in [1.82, 2.24) is 0 Å². The van der Waals surface area contributed by atoms with E-state index in [2.05, 4.69) is 0 Å². The second-order valence-electron chi connectivity index (χ2n) is 2.78. The first kappa shape index (κ1) is 11.5. The molecule has 0 aromatic heterocycles. The SMILES string of the molecule is CCOOc1ccc(C(=N)OCC)cc1. The molecule has 82 valence electrons. The molecule has 4 nitrogen and oxygen atoms in total. The van der Waals surface area contributed by atoms with Crippen LogP contribution in [0.2, 0.25) is 0 Å². The second kappa shape index (κ2) is 6.03. The molecule has 0 aliphatic carbocycles. The summed E-state index contributed by atoms with van der Waals surface area (Å²) >= 11 is 0. The van der Waals surface area contributed by atoms with Gasteiger partial charge in [-0.25, -0.2) is 0 Å². The Kier molecular flexibility index (Phi) is 4.63. The molecular weight excluding hydrogens is 194 g/mol. The summed E-state index contributed by atoms with van der Waals surface area (Å²) < 4.78 is 5.06. The van der Waals surface area contributed by atoms with Gasteiger partial charge < -0.3 is 9.62 Å². The van der Waals surface area contributed by atoms with Crippen molar-refractivity contribution in [2.45, 2.75) is 13.8 Å². The average molecular weight is 209 g/mol. The molecule has 0 heterocycles. The van der Waals surface area contributed by atoms with E-state index in [9.17, 15) is 0 Å². The van der Waals surface area contributed by atoms with Crippen molar-refractivity contribution in [1.29, 1.82) is 5.41 Å². The van der Waals surface area contributed by atoms with E-state index in [4.69, 9.17) is 19.9 Å². The first-order valence-corrected chi connectivity index (χ1v) is 4.89. The first-order valence-electron chi connectivity index (χ1n) is 4.89. The molecule has 0 radical (unpaired) electrons. The predicted molar refractivity (Wildman–Crippen MR) is 57.2 cm³/mol. The van der Waals surface area contributed by atoms with Crippen molar-refractivity contribution < 1.29 is 14.5 Å². The molecule has 0 saturated heterocycles. The third kappa shape index (κ3) is 3.59. The van der Waals surface area contributed by atoms with Crippen molar-refractivity contribution in [3.05, 3.63) is 29.8 Å². The van der Waals surface area contributed by atoms with Crippen LogP contribution in [0.25, 0.3) is 0 Å². The third-order valence-corrected chi connectivity index (χ3v) is 1.68. The summed E-state index contributed by atoms with van der Waals surface area (Å²) in [5, 5.41) is 7.54. The van der Waals surface area contributed by atoms with Gasteiger partial charge in [0.05, 0.1) is 13.2 Å². The van der Waals surface area contributed by atoms with Gasteiger partial charge in [0, 0.05) is 5.56 Å². The van der Waals surface area contributed by atoms with Crippen LogP contribution in [0.1, 0.15) is 19.4 Å². The molecule has 0 atom stereocenters. The molecule has 0 amide bonds. The smallest absolute Gasteiger partial charge is 0.213 e. The zero-order valence-corrected chi connectivity index (χ0v) is 8.95. The minimum atomic E-state index is 0.167. The van der Waals surface area contributed by atoms with Gasteiger partial charge in [-0.1, -0.05) is 0 Å². The van der Waals surface area contributed by atoms with Gasteiger partial charge in [0.1, 0.15) is 0 Å². The van der Waals surface area contributed by atoms with Gasteiger partial charge in [-0.15, -0.1) is 0 Å². The van der Waals surface area contributed by atoms with Crippen molar-refractivity contribution in [3.8, 4) is 5.75 Å². The van der Waals surface area contributed by atoms with Crippen molar-refractivity contribution in [2.24, 2.45) is 0 Å². The van der Waals surface area contributed by atoms with Crippen LogP contribution in [0.4, 0.5) is 0 Å². The Bertz CT molecular complexity index is 308. The number of hydrogen-bond acceptors (Lipinski definition) is 4. The Morgan fingerprint density at radius 3 is 2.33 bits per heavy atom. The number of ether oxygens (including phenoxy) is 1. The van der Waals surface area contributed by atoms with Gasteiger partial charge in [0.25, 0.3) is 0 Å². The summed E-state index contributed by atoms with van der Waals surface area (Å²) in [4.78, 5) is 9.72. The minimum Gasteiger partial charge on any atom is -0.478 e. The Morgan fingerprint density at radius 1 is 1.13 bits per heavy atom. The molecule has 0 aliphatic heterocycles. The Balaban J connectivity index is 2.59. The summed E-state index contributed by atoms with van der Waals surface area (Å²) in [6, 6.07) is 6.98. The molecule has 0 fully saturated rings. The number of rotatable bonds is 5. The molecule has 4 heteroatoms. The fourth-order valence-electron chi connectivity index (χ4n) is 1.02. The van der Waals surface area contributed by atoms with Crippen LogP contribution in [-0.2, 0) is 9.62 Å². The van der Waals surface area contributed by atoms with Crippen molar-refractivity contribution in [2.75, 3.05) is 13.2 Å². The standard InChI is InChI=1S/C11H15NO3/c1-3-13-11(12)9-5-7-10(8-6-9)15-14-4-2/h5-8,12H,3-4H2,1-2H3. The predicted octanol–water partition coefficient (Wildman–Crippen LogP) is 2.38. The zero-order valence-electron chi connectivity index (χ0n) is 8.95. The first-order chi connectivity index (χ1) is 7.27. The van der Waals surface area contributed by atoms with E-state index < -0.39 is 0 Å². The van der Waals surface area contributed by atoms with Gasteiger partial charge in [0.2, 0.25) is 5.90 Å². The van der Waals surface area contributed by atoms with E-state index in [1.165, 1.54) is 0 Å². The lowest BCUT2D eigenvalue weighted by molar-refractivity contribution is -0.202. The van der Waals surface area contributed by atoms with E-state index in [0.29, 0.717) is 19.0 Å². The van der Waals surface area contributed by atoms with Crippen molar-refractivity contribution in [3.63, 3.8) is 0 Å². The van der Waals surface area contributed by atoms with Crippen LogP contribution in [0, 0.1) is 5.41 Å². The van der Waals surface area contributed by atoms with E-state index >= 15 is 0 Å². The van der Waals surface area contributed by atoms with Gasteiger partial charge in [0.15, 0.2) is 5.75 Å². The third-order valence-electron chi connectivity index (χ3n) is 1.68. The van der Waals surface area contributed by atoms with Crippen LogP contribution < -0.4 is 4.89 Å². The summed E-state index contributed by atoms with van der Waals surface area (Å²) in [5.41, 5.74) is 0.723. The van der Waals surface area contributed by atoms with Gasteiger partial charge in [-0.05, 0) is 38.1 Å². The average Bonchev–Trinajstić information content (AvgIpc) is 2.27. The molecular formula is C11H15NO3. The monoisotopic (exact) mass is 209 g/mol. The Hall–Kier alpha value is -1.55. The molecule has 1 aromatic rings. The van der Waals surface area contributed by atoms with E-state index in [1.54, 1.807) is 24.3 Å². The highest BCUT2D eigenvalue weighted by molar-refractivity contribution is 5.91. The van der Waals surface area contributed by atoms with Crippen LogP contribution in [0.3, 0.4) is 0 Å². The topological polar surface area (TPSA) is 51.5 Å². The van der Waals surface area contributed by atoms with E-state index in [-0.39, 0.29) is 5.90 Å². The second-order valence-corrected chi connectivity index (χ2v) is 2.78. The molecule has 1 N–H and O–H groups in total. The van der Waals surface area contributed by atoms with Gasteiger partial charge in [-0.3, -0.25) is 5.41 Å². The normalized spacial score (nSPS) is 9.73. The maximum Gasteiger partial charge on any atom is 0.213 e. The molecule has 0 spiro atoms. The fraction of sp³-hybridized carbons (Fsp3) is 0.364. The number of hydrogen-bond donors (Lipinski definition) is 1. The lowest BCUT2D eigenvalue weighted by Gasteiger charge is -2.06. The zero-order chi connectivity index (χ0) is 11.1. The largest absolute Gasteiger partial charge is 0.478 e. The van der Waals surface area contributed by atoms with E-state index in [0.717, 1.165) is 5.56 Å². The molecule has 0 aliphatic rings. The summed E-state index contributed by atoms with van der Waals surface area (Å²) in [6.07, 6.45) is 0. The quantitative estimate of drug-likeness (QED) is 0.350. The highest BCUT2D eigenvalue weighted by atomic mass is 17.2. The molecule has 0 bridgehead atoms. The highest BCUT2D eigenvalue weighted by Crippen LogP contribution is 2.13. The van der Waals surface area contributed by atoms with Crippen LogP contribution >= 0.6 is 0 Å². The van der Waals surface area contributed by atoms with Crippen LogP contribution in [0.5, 0.6) is 5.75 Å². The van der Waals surface area contributed by atoms with Gasteiger partial charge >= 0.3 is 0 Å². The summed E-state index contributed by atoms with van der Waals surface area (Å²) in [5.74, 6) is 0.783. The minimum absolute atomic E-state index is 0.167. The lowest BCUT2D eigenvalue weighted by Crippen LogP contribution is -2.04. The van der Waals surface area contributed by atoms with Crippen LogP contribution in [-0.4, -0.2) is 19.1 Å². The van der Waals surface area contributed by atoms with Crippen LogP contribution in [0.15, 0.2) is 24.3 Å². The number of nitrogens with one attached hydrogen (secondary N) is 1. The highest BCUT2D eigenvalue weighted by Gasteiger charge is 2.02. The summed E-state index contributed by atoms with van der Waals surface area (Å²) in [7, 11) is 0. The molecule has 0 unspecified atom stereocenters. The van der Waals surface area contributed by atoms with Crippen molar-refractivity contribution >= 4 is 5.90 Å². The molecule has 0 saturated carbocycles. The maximum absolute atomic E-state index is 7.54. The maximum atomic E-state index is 7.54. The number of benzene rings is 1. The fourth-order valence-corrected chi connectivity index (χ4v) is 1.02. The van der Waals surface area contributed by atoms with Gasteiger partial charge in [-0.2, -0.15) is 4.89 Å². The molecule has 1 aromatic carbocycles. The van der Waals surface area contributed by atoms with E-state index in [1.807, 2.05) is 13.8 Å². The lowest BCUT2D eigenvalue weighted by atomic mass is 10.2. The molecule has 15 heavy (non-hydrogen) atoms.